The van der Waals surface area contributed by atoms with E-state index in [1.54, 1.807) is 0 Å². The number of hydrogen-bond acceptors (Lipinski definition) is 3. The van der Waals surface area contributed by atoms with Crippen molar-refractivity contribution in [1.29, 1.82) is 0 Å². The Morgan fingerprint density at radius 3 is 3.13 bits per heavy atom. The lowest BCUT2D eigenvalue weighted by Crippen LogP contribution is -2.42. The van der Waals surface area contributed by atoms with Crippen LogP contribution in [0.5, 0.6) is 0 Å². The maximum Gasteiger partial charge on any atom is 0.0534 e. The van der Waals surface area contributed by atoms with Gasteiger partial charge < -0.3 is 5.73 Å². The Balaban J connectivity index is 1.90. The minimum absolute atomic E-state index is 0.361. The highest BCUT2D eigenvalue weighted by molar-refractivity contribution is 5.04. The van der Waals surface area contributed by atoms with Crippen molar-refractivity contribution in [2.45, 2.75) is 38.9 Å². The van der Waals surface area contributed by atoms with Gasteiger partial charge >= 0.3 is 0 Å². The van der Waals surface area contributed by atoms with E-state index in [1.807, 2.05) is 10.9 Å². The van der Waals surface area contributed by atoms with Gasteiger partial charge in [-0.05, 0) is 26.3 Å². The van der Waals surface area contributed by atoms with Crippen molar-refractivity contribution in [3.63, 3.8) is 0 Å². The zero-order chi connectivity index (χ0) is 10.7. The van der Waals surface area contributed by atoms with Crippen LogP contribution in [0.3, 0.4) is 0 Å². The third-order valence-electron chi connectivity index (χ3n) is 2.96. The average molecular weight is 208 g/mol. The van der Waals surface area contributed by atoms with E-state index in [0.717, 1.165) is 19.6 Å². The van der Waals surface area contributed by atoms with Gasteiger partial charge in [-0.15, -0.1) is 0 Å². The molecule has 1 aromatic rings. The lowest BCUT2D eigenvalue weighted by atomic mass is 10.1. The second kappa shape index (κ2) is 4.77. The summed E-state index contributed by atoms with van der Waals surface area (Å²) < 4.78 is 1.97. The summed E-state index contributed by atoms with van der Waals surface area (Å²) in [6.45, 7) is 6.24. The normalized spacial score (nSPS) is 23.2. The van der Waals surface area contributed by atoms with Crippen LogP contribution in [-0.2, 0) is 13.1 Å². The number of likely N-dealkylation sites (tertiary alicyclic amines) is 1. The summed E-state index contributed by atoms with van der Waals surface area (Å²) in [6, 6.07) is 0.361. The molecule has 0 bridgehead atoms. The van der Waals surface area contributed by atoms with Gasteiger partial charge in [0.25, 0.3) is 0 Å². The van der Waals surface area contributed by atoms with E-state index in [2.05, 4.69) is 23.1 Å². The monoisotopic (exact) mass is 208 g/mol. The van der Waals surface area contributed by atoms with Crippen LogP contribution < -0.4 is 5.73 Å². The Morgan fingerprint density at radius 1 is 1.60 bits per heavy atom. The van der Waals surface area contributed by atoms with Gasteiger partial charge in [0.2, 0.25) is 0 Å². The van der Waals surface area contributed by atoms with Gasteiger partial charge in [0.15, 0.2) is 0 Å². The van der Waals surface area contributed by atoms with Crippen molar-refractivity contribution in [1.82, 2.24) is 14.7 Å². The van der Waals surface area contributed by atoms with Crippen molar-refractivity contribution in [2.24, 2.45) is 5.73 Å². The van der Waals surface area contributed by atoms with E-state index in [4.69, 9.17) is 5.73 Å². The fourth-order valence-corrected chi connectivity index (χ4v) is 2.15. The molecular formula is C11H20N4. The SMILES string of the molecule is CCn1cc(CN2CCC[C@@H](N)C2)cn1. The highest BCUT2D eigenvalue weighted by Gasteiger charge is 2.16. The quantitative estimate of drug-likeness (QED) is 0.800. The molecule has 4 heteroatoms. The maximum absolute atomic E-state index is 5.95. The standard InChI is InChI=1S/C11H20N4/c1-2-15-8-10(6-13-15)7-14-5-3-4-11(12)9-14/h6,8,11H,2-5,7,9,12H2,1H3/t11-/m1/s1. The molecule has 1 aliphatic heterocycles. The van der Waals surface area contributed by atoms with Crippen LogP contribution in [0.2, 0.25) is 0 Å². The molecule has 0 unspecified atom stereocenters. The molecule has 0 spiro atoms. The fourth-order valence-electron chi connectivity index (χ4n) is 2.15. The van der Waals surface area contributed by atoms with E-state index in [9.17, 15) is 0 Å². The Labute approximate surface area is 91.1 Å². The summed E-state index contributed by atoms with van der Waals surface area (Å²) >= 11 is 0. The minimum atomic E-state index is 0.361. The molecule has 15 heavy (non-hydrogen) atoms. The molecule has 2 N–H and O–H groups in total. The predicted molar refractivity (Wildman–Crippen MR) is 60.4 cm³/mol. The molecule has 84 valence electrons. The van der Waals surface area contributed by atoms with Crippen LogP contribution in [-0.4, -0.2) is 33.8 Å². The molecule has 2 heterocycles. The summed E-state index contributed by atoms with van der Waals surface area (Å²) in [5, 5.41) is 4.28. The Morgan fingerprint density at radius 2 is 2.47 bits per heavy atom. The van der Waals surface area contributed by atoms with Gasteiger partial charge in [-0.3, -0.25) is 9.58 Å². The molecule has 4 nitrogen and oxygen atoms in total. The second-order valence-corrected chi connectivity index (χ2v) is 4.34. The van der Waals surface area contributed by atoms with Crippen molar-refractivity contribution >= 4 is 0 Å². The number of piperidine rings is 1. The Kier molecular flexibility index (Phi) is 3.38. The third kappa shape index (κ3) is 2.79. The minimum Gasteiger partial charge on any atom is -0.327 e. The van der Waals surface area contributed by atoms with Crippen LogP contribution in [0.15, 0.2) is 12.4 Å². The number of aryl methyl sites for hydroxylation is 1. The maximum atomic E-state index is 5.95. The van der Waals surface area contributed by atoms with Gasteiger partial charge in [0.1, 0.15) is 0 Å². The summed E-state index contributed by atoms with van der Waals surface area (Å²) in [7, 11) is 0. The second-order valence-electron chi connectivity index (χ2n) is 4.34. The van der Waals surface area contributed by atoms with E-state index < -0.39 is 0 Å². The average Bonchev–Trinajstić information content (AvgIpc) is 2.65. The number of aromatic nitrogens is 2. The smallest absolute Gasteiger partial charge is 0.0534 e. The van der Waals surface area contributed by atoms with Gasteiger partial charge in [-0.1, -0.05) is 0 Å². The number of hydrogen-bond donors (Lipinski definition) is 1. The molecule has 0 saturated carbocycles. The molecule has 1 aromatic heterocycles. The van der Waals surface area contributed by atoms with Crippen molar-refractivity contribution in [3.05, 3.63) is 18.0 Å². The van der Waals surface area contributed by atoms with E-state index in [1.165, 1.54) is 24.9 Å². The molecular weight excluding hydrogens is 188 g/mol. The zero-order valence-electron chi connectivity index (χ0n) is 9.39. The van der Waals surface area contributed by atoms with Crippen molar-refractivity contribution in [3.8, 4) is 0 Å². The van der Waals surface area contributed by atoms with Crippen LogP contribution in [0.25, 0.3) is 0 Å². The topological polar surface area (TPSA) is 47.1 Å². The molecule has 2 rings (SSSR count). The molecule has 0 amide bonds. The van der Waals surface area contributed by atoms with Crippen molar-refractivity contribution in [2.75, 3.05) is 13.1 Å². The van der Waals surface area contributed by atoms with Crippen LogP contribution in [0.1, 0.15) is 25.3 Å². The summed E-state index contributed by atoms with van der Waals surface area (Å²) in [6.07, 6.45) is 6.48. The first kappa shape index (κ1) is 10.6. The first-order valence-electron chi connectivity index (χ1n) is 5.77. The first-order valence-corrected chi connectivity index (χ1v) is 5.77. The molecule has 1 aliphatic rings. The van der Waals surface area contributed by atoms with E-state index in [-0.39, 0.29) is 0 Å². The summed E-state index contributed by atoms with van der Waals surface area (Å²) in [5.41, 5.74) is 7.24. The molecule has 1 atom stereocenters. The fraction of sp³-hybridized carbons (Fsp3) is 0.727. The highest BCUT2D eigenvalue weighted by Crippen LogP contribution is 2.11. The van der Waals surface area contributed by atoms with Gasteiger partial charge in [0.05, 0.1) is 6.20 Å². The van der Waals surface area contributed by atoms with Gasteiger partial charge in [-0.2, -0.15) is 5.10 Å². The number of nitrogens with zero attached hydrogens (tertiary/aromatic N) is 3. The van der Waals surface area contributed by atoms with E-state index >= 15 is 0 Å². The lowest BCUT2D eigenvalue weighted by Gasteiger charge is -2.30. The third-order valence-corrected chi connectivity index (χ3v) is 2.96. The Hall–Kier alpha value is -0.870. The highest BCUT2D eigenvalue weighted by atomic mass is 15.3. The largest absolute Gasteiger partial charge is 0.327 e. The zero-order valence-corrected chi connectivity index (χ0v) is 9.39. The van der Waals surface area contributed by atoms with Gasteiger partial charge in [0, 0.05) is 37.4 Å². The molecule has 0 aromatic carbocycles. The predicted octanol–water partition coefficient (Wildman–Crippen LogP) is 0.826. The summed E-state index contributed by atoms with van der Waals surface area (Å²) in [4.78, 5) is 2.42. The van der Waals surface area contributed by atoms with Crippen LogP contribution in [0, 0.1) is 0 Å². The molecule has 0 radical (unpaired) electrons. The number of nitrogens with two attached hydrogens (primary N) is 1. The molecule has 0 aliphatic carbocycles. The van der Waals surface area contributed by atoms with Crippen molar-refractivity contribution < 1.29 is 0 Å². The van der Waals surface area contributed by atoms with E-state index in [0.29, 0.717) is 6.04 Å². The number of rotatable bonds is 3. The Bertz CT molecular complexity index is 307. The first-order chi connectivity index (χ1) is 7.28. The van der Waals surface area contributed by atoms with Gasteiger partial charge in [-0.25, -0.2) is 0 Å². The molecule has 1 saturated heterocycles. The van der Waals surface area contributed by atoms with Crippen LogP contribution >= 0.6 is 0 Å². The van der Waals surface area contributed by atoms with Crippen LogP contribution in [0.4, 0.5) is 0 Å². The summed E-state index contributed by atoms with van der Waals surface area (Å²) in [5.74, 6) is 0. The molecule has 1 fully saturated rings. The lowest BCUT2D eigenvalue weighted by molar-refractivity contribution is 0.201.